The maximum absolute atomic E-state index is 4.39. The monoisotopic (exact) mass is 259 g/mol. The third-order valence-corrected chi connectivity index (χ3v) is 3.59. The van der Waals surface area contributed by atoms with Gasteiger partial charge in [-0.05, 0) is 39.3 Å². The van der Waals surface area contributed by atoms with E-state index in [4.69, 9.17) is 0 Å². The summed E-state index contributed by atoms with van der Waals surface area (Å²) in [5.74, 6) is 0. The number of rotatable bonds is 3. The van der Waals surface area contributed by atoms with Crippen LogP contribution in [0.25, 0.3) is 0 Å². The van der Waals surface area contributed by atoms with Crippen LogP contribution in [0.1, 0.15) is 29.3 Å². The van der Waals surface area contributed by atoms with Gasteiger partial charge in [0.1, 0.15) is 0 Å². The summed E-state index contributed by atoms with van der Waals surface area (Å²) in [6, 6.07) is 6.39. The molecule has 94 valence electrons. The van der Waals surface area contributed by atoms with Crippen LogP contribution in [0.3, 0.4) is 0 Å². The number of thiazole rings is 1. The quantitative estimate of drug-likeness (QED) is 0.670. The lowest BCUT2D eigenvalue weighted by Crippen LogP contribution is -2.02. The molecule has 0 spiro atoms. The van der Waals surface area contributed by atoms with Crippen molar-refractivity contribution in [3.05, 3.63) is 46.0 Å². The number of aromatic nitrogens is 1. The predicted octanol–water partition coefficient (Wildman–Crippen LogP) is 3.90. The van der Waals surface area contributed by atoms with Crippen molar-refractivity contribution in [3.63, 3.8) is 0 Å². The Morgan fingerprint density at radius 1 is 1.28 bits per heavy atom. The summed E-state index contributed by atoms with van der Waals surface area (Å²) in [7, 11) is 0. The fourth-order valence-corrected chi connectivity index (χ4v) is 2.35. The van der Waals surface area contributed by atoms with Crippen molar-refractivity contribution >= 4 is 22.2 Å². The highest BCUT2D eigenvalue weighted by atomic mass is 32.1. The number of aryl methyl sites for hydroxylation is 3. The summed E-state index contributed by atoms with van der Waals surface area (Å²) >= 11 is 1.56. The van der Waals surface area contributed by atoms with Crippen LogP contribution >= 0.6 is 11.3 Å². The lowest BCUT2D eigenvalue weighted by atomic mass is 10.0. The molecule has 0 saturated carbocycles. The average Bonchev–Trinajstić information content (AvgIpc) is 2.75. The second-order valence-corrected chi connectivity index (χ2v) is 5.28. The first-order valence-corrected chi connectivity index (χ1v) is 6.74. The van der Waals surface area contributed by atoms with Gasteiger partial charge in [0.2, 0.25) is 5.13 Å². The number of hydrogen-bond acceptors (Lipinski definition) is 4. The smallest absolute Gasteiger partial charge is 0.203 e. The van der Waals surface area contributed by atoms with Gasteiger partial charge in [-0.15, -0.1) is 11.3 Å². The number of hydrazone groups is 1. The molecule has 3 nitrogen and oxygen atoms in total. The number of nitrogens with one attached hydrogen (secondary N) is 1. The highest BCUT2D eigenvalue weighted by Gasteiger charge is 2.03. The molecule has 0 amide bonds. The van der Waals surface area contributed by atoms with Crippen LogP contribution in [-0.4, -0.2) is 10.7 Å². The topological polar surface area (TPSA) is 37.3 Å². The molecule has 0 bridgehead atoms. The third-order valence-electron chi connectivity index (χ3n) is 2.72. The van der Waals surface area contributed by atoms with E-state index in [1.807, 2.05) is 19.2 Å². The van der Waals surface area contributed by atoms with Gasteiger partial charge in [-0.3, -0.25) is 5.43 Å². The van der Waals surface area contributed by atoms with Gasteiger partial charge in [0.15, 0.2) is 0 Å². The van der Waals surface area contributed by atoms with Crippen molar-refractivity contribution in [2.75, 3.05) is 5.43 Å². The molecule has 1 heterocycles. The Hall–Kier alpha value is -1.68. The first-order chi connectivity index (χ1) is 8.56. The lowest BCUT2D eigenvalue weighted by molar-refractivity contribution is 1.21. The van der Waals surface area contributed by atoms with E-state index < -0.39 is 0 Å². The molecule has 1 aromatic heterocycles. The summed E-state index contributed by atoms with van der Waals surface area (Å²) in [6.45, 7) is 8.17. The second kappa shape index (κ2) is 5.31. The van der Waals surface area contributed by atoms with E-state index >= 15 is 0 Å². The molecule has 0 atom stereocenters. The molecule has 0 unspecified atom stereocenters. The molecule has 0 saturated heterocycles. The standard InChI is InChI=1S/C14H17N3S/c1-9-5-6-10(2)13(7-9)12(4)16-17-14-15-11(3)8-18-14/h5-8H,1-4H3,(H,15,17)/b16-12+. The molecule has 2 rings (SSSR count). The van der Waals surface area contributed by atoms with Crippen LogP contribution in [0, 0.1) is 20.8 Å². The van der Waals surface area contributed by atoms with Crippen molar-refractivity contribution in [1.29, 1.82) is 0 Å². The minimum atomic E-state index is 0.831. The van der Waals surface area contributed by atoms with Gasteiger partial charge in [0.05, 0.1) is 11.4 Å². The van der Waals surface area contributed by atoms with Crippen molar-refractivity contribution in [1.82, 2.24) is 4.98 Å². The van der Waals surface area contributed by atoms with Crippen LogP contribution in [0.4, 0.5) is 5.13 Å². The van der Waals surface area contributed by atoms with E-state index in [1.54, 1.807) is 11.3 Å². The number of benzene rings is 1. The van der Waals surface area contributed by atoms with E-state index in [-0.39, 0.29) is 0 Å². The summed E-state index contributed by atoms with van der Waals surface area (Å²) < 4.78 is 0. The normalized spacial score (nSPS) is 11.7. The molecule has 18 heavy (non-hydrogen) atoms. The molecule has 1 N–H and O–H groups in total. The summed E-state index contributed by atoms with van der Waals surface area (Å²) in [6.07, 6.45) is 0. The zero-order valence-electron chi connectivity index (χ0n) is 11.1. The minimum Gasteiger partial charge on any atom is -0.252 e. The lowest BCUT2D eigenvalue weighted by Gasteiger charge is -2.06. The van der Waals surface area contributed by atoms with Crippen molar-refractivity contribution < 1.29 is 0 Å². The first-order valence-electron chi connectivity index (χ1n) is 5.86. The Morgan fingerprint density at radius 3 is 2.72 bits per heavy atom. The van der Waals surface area contributed by atoms with E-state index in [2.05, 4.69) is 47.6 Å². The van der Waals surface area contributed by atoms with E-state index in [1.165, 1.54) is 16.7 Å². The Balaban J connectivity index is 2.20. The molecule has 2 aromatic rings. The number of nitrogens with zero attached hydrogens (tertiary/aromatic N) is 2. The molecule has 0 fully saturated rings. The minimum absolute atomic E-state index is 0.831. The van der Waals surface area contributed by atoms with Gasteiger partial charge >= 0.3 is 0 Å². The predicted molar refractivity (Wildman–Crippen MR) is 78.6 cm³/mol. The fraction of sp³-hybridized carbons (Fsp3) is 0.286. The Kier molecular flexibility index (Phi) is 3.77. The molecular weight excluding hydrogens is 242 g/mol. The highest BCUT2D eigenvalue weighted by Crippen LogP contribution is 2.16. The van der Waals surface area contributed by atoms with Crippen LogP contribution in [-0.2, 0) is 0 Å². The van der Waals surface area contributed by atoms with E-state index in [0.717, 1.165) is 16.5 Å². The SMILES string of the molecule is C/C(=N\Nc1nc(C)cs1)c1cc(C)ccc1C. The van der Waals surface area contributed by atoms with E-state index in [0.29, 0.717) is 0 Å². The second-order valence-electron chi connectivity index (χ2n) is 4.42. The molecule has 1 aromatic carbocycles. The van der Waals surface area contributed by atoms with Crippen LogP contribution in [0.2, 0.25) is 0 Å². The van der Waals surface area contributed by atoms with Gasteiger partial charge in [-0.1, -0.05) is 17.7 Å². The average molecular weight is 259 g/mol. The summed E-state index contributed by atoms with van der Waals surface area (Å²) in [4.78, 5) is 4.32. The van der Waals surface area contributed by atoms with Gasteiger partial charge in [0, 0.05) is 10.9 Å². The highest BCUT2D eigenvalue weighted by molar-refractivity contribution is 7.13. The molecule has 0 aliphatic carbocycles. The van der Waals surface area contributed by atoms with Gasteiger partial charge in [-0.25, -0.2) is 4.98 Å². The Morgan fingerprint density at radius 2 is 2.06 bits per heavy atom. The summed E-state index contributed by atoms with van der Waals surface area (Å²) in [5.41, 5.74) is 8.65. The van der Waals surface area contributed by atoms with Crippen molar-refractivity contribution in [2.24, 2.45) is 5.10 Å². The van der Waals surface area contributed by atoms with Crippen LogP contribution < -0.4 is 5.43 Å². The van der Waals surface area contributed by atoms with Gasteiger partial charge < -0.3 is 0 Å². The molecule has 0 radical (unpaired) electrons. The van der Waals surface area contributed by atoms with Gasteiger partial charge in [-0.2, -0.15) is 5.10 Å². The van der Waals surface area contributed by atoms with Crippen molar-refractivity contribution in [2.45, 2.75) is 27.7 Å². The zero-order chi connectivity index (χ0) is 13.1. The maximum Gasteiger partial charge on any atom is 0.203 e. The molecule has 0 aliphatic heterocycles. The molecular formula is C14H17N3S. The Bertz CT molecular complexity index is 584. The zero-order valence-corrected chi connectivity index (χ0v) is 11.9. The molecule has 0 aliphatic rings. The fourth-order valence-electron chi connectivity index (χ4n) is 1.72. The van der Waals surface area contributed by atoms with Gasteiger partial charge in [0.25, 0.3) is 0 Å². The van der Waals surface area contributed by atoms with E-state index in [9.17, 15) is 0 Å². The first kappa shape index (κ1) is 12.8. The maximum atomic E-state index is 4.39. The largest absolute Gasteiger partial charge is 0.252 e. The van der Waals surface area contributed by atoms with Crippen LogP contribution in [0.5, 0.6) is 0 Å². The van der Waals surface area contributed by atoms with Crippen LogP contribution in [0.15, 0.2) is 28.7 Å². The Labute approximate surface area is 112 Å². The number of anilines is 1. The number of hydrogen-bond donors (Lipinski definition) is 1. The third kappa shape index (κ3) is 2.96. The molecule has 4 heteroatoms. The summed E-state index contributed by atoms with van der Waals surface area (Å²) in [5, 5.41) is 7.23. The van der Waals surface area contributed by atoms with Crippen molar-refractivity contribution in [3.8, 4) is 0 Å².